The van der Waals surface area contributed by atoms with E-state index in [1.807, 2.05) is 112 Å². The average molecular weight is 1410 g/mol. The normalized spacial score (nSPS) is 22.8. The van der Waals surface area contributed by atoms with Gasteiger partial charge in [0.1, 0.15) is 12.1 Å². The molecular formula is C78H106N10O8S3. The number of β-amino-alcohol motifs (C(OH)–C–C–N with tert-alkyl or cyclic N) is 1. The predicted molar refractivity (Wildman–Crippen MR) is 396 cm³/mol. The number of thiazole rings is 1. The Balaban J connectivity index is 0.598. The van der Waals surface area contributed by atoms with Crippen LogP contribution in [0.4, 0.5) is 11.4 Å². The van der Waals surface area contributed by atoms with E-state index in [4.69, 9.17) is 0 Å². The van der Waals surface area contributed by atoms with Crippen LogP contribution >= 0.6 is 23.1 Å². The van der Waals surface area contributed by atoms with Crippen molar-refractivity contribution in [3.05, 3.63) is 136 Å². The summed E-state index contributed by atoms with van der Waals surface area (Å²) in [4.78, 5) is 86.0. The lowest BCUT2D eigenvalue weighted by molar-refractivity contribution is -0.182. The molecule has 4 aromatic carbocycles. The lowest BCUT2D eigenvalue weighted by Crippen LogP contribution is -2.63. The number of piperazine rings is 2. The maximum atomic E-state index is 14.3. The van der Waals surface area contributed by atoms with Crippen molar-refractivity contribution in [3.8, 4) is 10.4 Å². The highest BCUT2D eigenvalue weighted by Crippen LogP contribution is 2.79. The van der Waals surface area contributed by atoms with E-state index in [-0.39, 0.29) is 59.7 Å². The molecule has 4 aliphatic carbocycles. The van der Waals surface area contributed by atoms with Gasteiger partial charge in [0.15, 0.2) is 0 Å². The summed E-state index contributed by atoms with van der Waals surface area (Å²) in [7, 11) is -4.19. The zero-order valence-electron chi connectivity index (χ0n) is 59.8. The first-order valence-corrected chi connectivity index (χ1v) is 39.5. The predicted octanol–water partition coefficient (Wildman–Crippen LogP) is 12.2. The minimum absolute atomic E-state index is 0.0131. The average Bonchev–Trinajstić information content (AvgIpc) is 0.766. The third-order valence-corrected chi connectivity index (χ3v) is 25.6. The number of nitrogens with one attached hydrogen (secondary N) is 4. The summed E-state index contributed by atoms with van der Waals surface area (Å²) in [6, 6.07) is 28.3. The minimum Gasteiger partial charge on any atom is -0.391 e. The van der Waals surface area contributed by atoms with Gasteiger partial charge in [0.05, 0.1) is 33.1 Å². The van der Waals surface area contributed by atoms with Gasteiger partial charge in [-0.15, -0.1) is 23.1 Å². The first kappa shape index (κ1) is 73.6. The number of likely N-dealkylation sites (tertiary alicyclic amines) is 1. The third-order valence-electron chi connectivity index (χ3n) is 22.2. The number of rotatable bonds is 28. The highest BCUT2D eigenvalue weighted by Gasteiger charge is 2.68. The van der Waals surface area contributed by atoms with E-state index in [0.717, 1.165) is 108 Å². The number of hydrogen-bond acceptors (Lipinski definition) is 15. The van der Waals surface area contributed by atoms with Crippen LogP contribution in [0.25, 0.3) is 10.4 Å². The molecule has 534 valence electrons. The molecule has 5 amide bonds. The zero-order valence-corrected chi connectivity index (χ0v) is 62.2. The number of amides is 5. The third kappa shape index (κ3) is 18.0. The number of aromatic nitrogens is 1. The van der Waals surface area contributed by atoms with Crippen molar-refractivity contribution in [1.82, 2.24) is 39.9 Å². The van der Waals surface area contributed by atoms with Crippen molar-refractivity contribution in [2.75, 3.05) is 88.0 Å². The number of aliphatic hydroxyl groups excluding tert-OH is 1. The number of carbonyl (C=O) groups is 5. The Hall–Kier alpha value is -6.62. The largest absolute Gasteiger partial charge is 0.391 e. The van der Waals surface area contributed by atoms with Gasteiger partial charge < -0.3 is 35.8 Å². The van der Waals surface area contributed by atoms with Crippen molar-refractivity contribution in [3.63, 3.8) is 0 Å². The Kier molecular flexibility index (Phi) is 23.3. The van der Waals surface area contributed by atoms with Crippen LogP contribution in [0.2, 0.25) is 0 Å². The summed E-state index contributed by atoms with van der Waals surface area (Å²) in [5, 5.41) is 20.5. The molecule has 2 bridgehead atoms. The molecule has 7 aliphatic rings. The number of carbonyl (C=O) groups excluding carboxylic acids is 5. The molecule has 6 fully saturated rings. The first-order valence-electron chi connectivity index (χ1n) is 36.2. The Morgan fingerprint density at radius 1 is 0.818 bits per heavy atom. The van der Waals surface area contributed by atoms with E-state index in [9.17, 15) is 37.5 Å². The zero-order chi connectivity index (χ0) is 70.4. The van der Waals surface area contributed by atoms with E-state index >= 15 is 0 Å². The Morgan fingerprint density at radius 3 is 2.16 bits per heavy atom. The monoisotopic (exact) mass is 1410 g/mol. The van der Waals surface area contributed by atoms with Crippen LogP contribution in [-0.4, -0.2) is 170 Å². The SMILES string of the molecule is CCC12CC(C3=C(CN4CCN(c5ccc(C(=O)NS(=O)(=O)c6ccc(N[C@H](CCN7CCN(C(=O)CCCCCC(=O)N[C@H](C(=O)N8C[C@H](O)C[C@H]8C(=O)N[C@@H](C)c8ccc(-c9scnc9C)cc8)C(C)(C)C)CC7)CSc7ccccc7)c(C)c6)cc5)CC4)CCC(C)(C)C3)(C1)C2. The first-order chi connectivity index (χ1) is 47.2. The smallest absolute Gasteiger partial charge is 0.264 e. The fourth-order valence-corrected chi connectivity index (χ4v) is 18.9. The summed E-state index contributed by atoms with van der Waals surface area (Å²) in [6.45, 7) is 27.0. The van der Waals surface area contributed by atoms with Crippen LogP contribution in [0.3, 0.4) is 0 Å². The second-order valence-corrected chi connectivity index (χ2v) is 34.9. The van der Waals surface area contributed by atoms with Gasteiger partial charge in [0, 0.05) is 125 Å². The molecule has 3 aliphatic heterocycles. The van der Waals surface area contributed by atoms with E-state index < -0.39 is 45.4 Å². The number of thioether (sulfide) groups is 1. The fourth-order valence-electron chi connectivity index (χ4n) is 16.1. The van der Waals surface area contributed by atoms with Crippen LogP contribution in [0.15, 0.2) is 124 Å². The summed E-state index contributed by atoms with van der Waals surface area (Å²) < 4.78 is 30.0. The Bertz CT molecular complexity index is 3800. The van der Waals surface area contributed by atoms with Crippen molar-refractivity contribution < 1.29 is 37.5 Å². The van der Waals surface area contributed by atoms with Crippen LogP contribution in [0, 0.1) is 35.5 Å². The Labute approximate surface area is 596 Å². The van der Waals surface area contributed by atoms with Crippen molar-refractivity contribution >= 4 is 74.0 Å². The van der Waals surface area contributed by atoms with Crippen molar-refractivity contribution in [2.45, 2.75) is 192 Å². The van der Waals surface area contributed by atoms with E-state index in [2.05, 4.69) is 73.3 Å². The molecule has 18 nitrogen and oxygen atoms in total. The van der Waals surface area contributed by atoms with Gasteiger partial charge in [0.25, 0.3) is 15.9 Å². The van der Waals surface area contributed by atoms with Crippen LogP contribution in [0.1, 0.15) is 172 Å². The molecule has 5 aromatic rings. The quantitative estimate of drug-likeness (QED) is 0.0179. The summed E-state index contributed by atoms with van der Waals surface area (Å²) in [5.74, 6) is -0.873. The standard InChI is InChI=1S/C78H106N10O8S3/c1-10-77-49-78(50-77,51-77)65-45-76(8,9)33-31-59(65)46-85-37-39-86(40-38-85)61-27-25-58(26-28-61)72(92)83-99(95,96)64-29-30-66(53(2)43-64)81-60(48-97-63-17-13-11-14-18-63)32-34-84-35-41-87(42-36-84)69(91)20-16-12-15-19-68(90)82-71(75(5,6)7)74(94)88-47-62(89)44-67(88)73(93)80-54(3)56-21-23-57(24-22-56)70-55(4)79-52-98-70/h11,13-14,17-18,21-30,43,52,54,60,62,67,71,81,89H,10,12,15-16,19-20,31-42,44-51H2,1-9H3,(H,80,93)(H,82,90)(H,83,92)/t54-,60+,62+,67-,71+,77?,78?/m0/s1. The molecule has 0 radical (unpaired) electrons. The van der Waals surface area contributed by atoms with Crippen molar-refractivity contribution in [2.24, 2.45) is 21.7 Å². The number of hydrogen-bond donors (Lipinski definition) is 5. The number of aryl methyl sites for hydroxylation is 2. The number of nitrogens with zero attached hydrogens (tertiary/aromatic N) is 6. The van der Waals surface area contributed by atoms with Crippen molar-refractivity contribution in [1.29, 1.82) is 0 Å². The number of allylic oxidation sites excluding steroid dienone is 1. The van der Waals surface area contributed by atoms with Gasteiger partial charge >= 0.3 is 0 Å². The number of unbranched alkanes of at least 4 members (excludes halogenated alkanes) is 2. The Morgan fingerprint density at radius 2 is 1.51 bits per heavy atom. The minimum atomic E-state index is -4.19. The fraction of sp³-hybridized carbons (Fsp3) is 0.564. The van der Waals surface area contributed by atoms with Crippen LogP contribution < -0.4 is 25.6 Å². The number of aliphatic hydroxyl groups is 1. The lowest BCUT2D eigenvalue weighted by atomic mass is 9.31. The molecule has 3 saturated heterocycles. The molecule has 1 aromatic heterocycles. The highest BCUT2D eigenvalue weighted by atomic mass is 32.2. The highest BCUT2D eigenvalue weighted by molar-refractivity contribution is 7.99. The van der Waals surface area contributed by atoms with Gasteiger partial charge in [-0.1, -0.05) is 108 Å². The van der Waals surface area contributed by atoms with Gasteiger partial charge in [-0.05, 0) is 172 Å². The second kappa shape index (κ2) is 31.3. The molecule has 0 spiro atoms. The molecule has 5 N–H and O–H groups in total. The van der Waals surface area contributed by atoms with Crippen LogP contribution in [0.5, 0.6) is 0 Å². The molecule has 4 heterocycles. The number of benzene rings is 4. The molecule has 0 unspecified atom stereocenters. The number of sulfonamides is 1. The maximum absolute atomic E-state index is 14.3. The topological polar surface area (TPSA) is 217 Å². The van der Waals surface area contributed by atoms with Gasteiger partial charge in [-0.25, -0.2) is 18.1 Å². The molecule has 5 atom stereocenters. The maximum Gasteiger partial charge on any atom is 0.264 e. The molecule has 12 rings (SSSR count). The number of anilines is 2. The van der Waals surface area contributed by atoms with Crippen LogP contribution in [-0.2, 0) is 29.2 Å². The second-order valence-electron chi connectivity index (χ2n) is 31.2. The molecule has 21 heteroatoms. The lowest BCUT2D eigenvalue weighted by Gasteiger charge is -2.73. The van der Waals surface area contributed by atoms with E-state index in [1.165, 1.54) is 49.8 Å². The molecule has 99 heavy (non-hydrogen) atoms. The van der Waals surface area contributed by atoms with E-state index in [0.29, 0.717) is 55.0 Å². The summed E-state index contributed by atoms with van der Waals surface area (Å²) in [6.07, 6.45) is 11.7. The summed E-state index contributed by atoms with van der Waals surface area (Å²) >= 11 is 3.33. The van der Waals surface area contributed by atoms with Gasteiger partial charge in [-0.3, -0.25) is 33.8 Å². The van der Waals surface area contributed by atoms with Gasteiger partial charge in [0.2, 0.25) is 23.6 Å². The summed E-state index contributed by atoms with van der Waals surface area (Å²) in [5.41, 5.74) is 11.9. The molecular weight excluding hydrogens is 1300 g/mol. The molecule has 3 saturated carbocycles. The van der Waals surface area contributed by atoms with Gasteiger partial charge in [-0.2, -0.15) is 0 Å². The van der Waals surface area contributed by atoms with E-state index in [1.54, 1.807) is 59.0 Å².